The maximum atomic E-state index is 3.43. The molecule has 0 aromatic carbocycles. The minimum Gasteiger partial charge on any atom is -0.304 e. The highest BCUT2D eigenvalue weighted by Gasteiger charge is 2.40. The van der Waals surface area contributed by atoms with Gasteiger partial charge in [-0.3, -0.25) is 0 Å². The fraction of sp³-hybridized carbons (Fsp3) is 0.750. The largest absolute Gasteiger partial charge is 0.304 e. The number of hydrogen-bond acceptors (Lipinski definition) is 1. The van der Waals surface area contributed by atoms with Gasteiger partial charge in [0.2, 0.25) is 0 Å². The standard InChI is InChI=1S/C8H13N/c1-5-3-6(2)8-7(4-5)9-8/h4,6-9H,3H2,1-2H3. The molecule has 1 aliphatic carbocycles. The quantitative estimate of drug-likeness (QED) is 0.381. The molecule has 0 radical (unpaired) electrons. The fourth-order valence-electron chi connectivity index (χ4n) is 1.85. The van der Waals surface area contributed by atoms with E-state index in [2.05, 4.69) is 25.2 Å². The Kier molecular flexibility index (Phi) is 0.974. The van der Waals surface area contributed by atoms with Crippen molar-refractivity contribution in [2.24, 2.45) is 5.92 Å². The Morgan fingerprint density at radius 3 is 3.11 bits per heavy atom. The Morgan fingerprint density at radius 2 is 2.44 bits per heavy atom. The molecule has 1 heteroatoms. The topological polar surface area (TPSA) is 21.9 Å². The molecule has 1 N–H and O–H groups in total. The van der Waals surface area contributed by atoms with Gasteiger partial charge in [-0.15, -0.1) is 0 Å². The Hall–Kier alpha value is -0.300. The van der Waals surface area contributed by atoms with Crippen molar-refractivity contribution in [2.45, 2.75) is 32.4 Å². The molecule has 0 aromatic rings. The molecule has 0 saturated carbocycles. The molecule has 1 saturated heterocycles. The highest BCUT2D eigenvalue weighted by molar-refractivity contribution is 5.22. The van der Waals surface area contributed by atoms with E-state index in [0.717, 1.165) is 18.0 Å². The van der Waals surface area contributed by atoms with E-state index in [9.17, 15) is 0 Å². The molecule has 1 aliphatic heterocycles. The summed E-state index contributed by atoms with van der Waals surface area (Å²) >= 11 is 0. The number of allylic oxidation sites excluding steroid dienone is 1. The highest BCUT2D eigenvalue weighted by Crippen LogP contribution is 2.32. The summed E-state index contributed by atoms with van der Waals surface area (Å²) in [5.74, 6) is 0.875. The summed E-state index contributed by atoms with van der Waals surface area (Å²) < 4.78 is 0. The van der Waals surface area contributed by atoms with Crippen LogP contribution in [0.3, 0.4) is 0 Å². The third-order valence-electron chi connectivity index (χ3n) is 2.38. The van der Waals surface area contributed by atoms with Crippen LogP contribution in [0.5, 0.6) is 0 Å². The van der Waals surface area contributed by atoms with E-state index in [1.807, 2.05) is 0 Å². The lowest BCUT2D eigenvalue weighted by Crippen LogP contribution is -2.11. The molecular weight excluding hydrogens is 110 g/mol. The first-order chi connectivity index (χ1) is 4.27. The SMILES string of the molecule is CC1=CC2NC2C(C)C1. The van der Waals surface area contributed by atoms with Crippen molar-refractivity contribution in [1.82, 2.24) is 5.32 Å². The second kappa shape index (κ2) is 1.60. The first-order valence-corrected chi connectivity index (χ1v) is 3.71. The molecule has 1 fully saturated rings. The number of hydrogen-bond donors (Lipinski definition) is 1. The van der Waals surface area contributed by atoms with Crippen LogP contribution in [0.15, 0.2) is 11.6 Å². The normalized spacial score (nSPS) is 47.8. The predicted octanol–water partition coefficient (Wildman–Crippen LogP) is 1.31. The van der Waals surface area contributed by atoms with Gasteiger partial charge in [-0.25, -0.2) is 0 Å². The van der Waals surface area contributed by atoms with E-state index in [4.69, 9.17) is 0 Å². The maximum absolute atomic E-state index is 3.43. The summed E-state index contributed by atoms with van der Waals surface area (Å²) in [6.07, 6.45) is 3.67. The summed E-state index contributed by atoms with van der Waals surface area (Å²) in [4.78, 5) is 0. The van der Waals surface area contributed by atoms with Gasteiger partial charge in [0, 0.05) is 12.1 Å². The lowest BCUT2D eigenvalue weighted by atomic mass is 9.91. The van der Waals surface area contributed by atoms with Crippen molar-refractivity contribution in [3.63, 3.8) is 0 Å². The van der Waals surface area contributed by atoms with Gasteiger partial charge in [0.25, 0.3) is 0 Å². The van der Waals surface area contributed by atoms with E-state index in [1.54, 1.807) is 5.57 Å². The average Bonchev–Trinajstić information content (AvgIpc) is 2.43. The highest BCUT2D eigenvalue weighted by atomic mass is 15.2. The zero-order chi connectivity index (χ0) is 6.43. The summed E-state index contributed by atoms with van der Waals surface area (Å²) in [6, 6.07) is 1.57. The molecule has 3 atom stereocenters. The third kappa shape index (κ3) is 0.799. The number of nitrogens with one attached hydrogen (secondary N) is 1. The lowest BCUT2D eigenvalue weighted by Gasteiger charge is -2.13. The monoisotopic (exact) mass is 123 g/mol. The van der Waals surface area contributed by atoms with E-state index < -0.39 is 0 Å². The summed E-state index contributed by atoms with van der Waals surface area (Å²) in [7, 11) is 0. The minimum atomic E-state index is 0.744. The molecule has 3 unspecified atom stereocenters. The fourth-order valence-corrected chi connectivity index (χ4v) is 1.85. The molecule has 0 bridgehead atoms. The van der Waals surface area contributed by atoms with E-state index >= 15 is 0 Å². The van der Waals surface area contributed by atoms with Crippen molar-refractivity contribution in [1.29, 1.82) is 0 Å². The van der Waals surface area contributed by atoms with E-state index in [0.29, 0.717) is 0 Å². The molecular formula is C8H13N. The van der Waals surface area contributed by atoms with Crippen LogP contribution in [-0.4, -0.2) is 12.1 Å². The number of rotatable bonds is 0. The second-order valence-corrected chi connectivity index (χ2v) is 3.41. The first-order valence-electron chi connectivity index (χ1n) is 3.71. The van der Waals surface area contributed by atoms with Crippen LogP contribution in [0.25, 0.3) is 0 Å². The Morgan fingerprint density at radius 1 is 1.67 bits per heavy atom. The summed E-state index contributed by atoms with van der Waals surface area (Å²) in [6.45, 7) is 4.56. The third-order valence-corrected chi connectivity index (χ3v) is 2.38. The van der Waals surface area contributed by atoms with Gasteiger partial charge >= 0.3 is 0 Å². The van der Waals surface area contributed by atoms with Crippen LogP contribution >= 0.6 is 0 Å². The van der Waals surface area contributed by atoms with Gasteiger partial charge in [0.1, 0.15) is 0 Å². The average molecular weight is 123 g/mol. The molecule has 2 rings (SSSR count). The Balaban J connectivity index is 2.16. The van der Waals surface area contributed by atoms with Crippen molar-refractivity contribution in [3.05, 3.63) is 11.6 Å². The van der Waals surface area contributed by atoms with E-state index in [1.165, 1.54) is 6.42 Å². The van der Waals surface area contributed by atoms with Crippen molar-refractivity contribution in [2.75, 3.05) is 0 Å². The Bertz CT molecular complexity index is 160. The van der Waals surface area contributed by atoms with Crippen LogP contribution < -0.4 is 5.32 Å². The van der Waals surface area contributed by atoms with Crippen LogP contribution in [0.1, 0.15) is 20.3 Å². The predicted molar refractivity (Wildman–Crippen MR) is 38.2 cm³/mol. The van der Waals surface area contributed by atoms with Crippen LogP contribution in [0.2, 0.25) is 0 Å². The van der Waals surface area contributed by atoms with Crippen molar-refractivity contribution in [3.8, 4) is 0 Å². The lowest BCUT2D eigenvalue weighted by molar-refractivity contribution is 0.544. The van der Waals surface area contributed by atoms with E-state index in [-0.39, 0.29) is 0 Å². The molecule has 1 heterocycles. The smallest absolute Gasteiger partial charge is 0.0413 e. The summed E-state index contributed by atoms with van der Waals surface area (Å²) in [5, 5.41) is 3.43. The van der Waals surface area contributed by atoms with Gasteiger partial charge in [-0.2, -0.15) is 0 Å². The van der Waals surface area contributed by atoms with Crippen LogP contribution in [-0.2, 0) is 0 Å². The van der Waals surface area contributed by atoms with Crippen LogP contribution in [0.4, 0.5) is 0 Å². The number of fused-ring (bicyclic) bond motifs is 1. The zero-order valence-electron chi connectivity index (χ0n) is 6.02. The van der Waals surface area contributed by atoms with Gasteiger partial charge in [0.05, 0.1) is 0 Å². The minimum absolute atomic E-state index is 0.744. The molecule has 50 valence electrons. The molecule has 0 spiro atoms. The first kappa shape index (κ1) is 5.48. The van der Waals surface area contributed by atoms with Gasteiger partial charge in [0.15, 0.2) is 0 Å². The molecule has 1 nitrogen and oxygen atoms in total. The summed E-state index contributed by atoms with van der Waals surface area (Å²) in [5.41, 5.74) is 1.56. The van der Waals surface area contributed by atoms with Gasteiger partial charge in [-0.1, -0.05) is 18.6 Å². The van der Waals surface area contributed by atoms with Gasteiger partial charge < -0.3 is 5.32 Å². The zero-order valence-corrected chi connectivity index (χ0v) is 6.02. The molecule has 0 aromatic heterocycles. The molecule has 0 amide bonds. The van der Waals surface area contributed by atoms with Crippen molar-refractivity contribution < 1.29 is 0 Å². The van der Waals surface area contributed by atoms with Crippen molar-refractivity contribution >= 4 is 0 Å². The molecule has 9 heavy (non-hydrogen) atoms. The molecule has 2 aliphatic rings. The second-order valence-electron chi connectivity index (χ2n) is 3.41. The van der Waals surface area contributed by atoms with Crippen LogP contribution in [0, 0.1) is 5.92 Å². The maximum Gasteiger partial charge on any atom is 0.0413 e. The Labute approximate surface area is 56.1 Å². The van der Waals surface area contributed by atoms with Gasteiger partial charge in [-0.05, 0) is 19.3 Å².